The molecule has 0 aromatic carbocycles. The van der Waals surface area contributed by atoms with E-state index in [-0.39, 0.29) is 5.03 Å². The number of rotatable bonds is 5. The first kappa shape index (κ1) is 13.5. The molecule has 0 saturated carbocycles. The number of nitrogens with zero attached hydrogens (tertiary/aromatic N) is 2. The number of aryl methyl sites for hydroxylation is 1. The predicted octanol–water partition coefficient (Wildman–Crippen LogP) is 1.11. The second-order valence-electron chi connectivity index (χ2n) is 4.22. The molecule has 1 N–H and O–H groups in total. The highest BCUT2D eigenvalue weighted by Crippen LogP contribution is 2.15. The van der Waals surface area contributed by atoms with E-state index in [1.54, 1.807) is 20.9 Å². The van der Waals surface area contributed by atoms with Crippen molar-refractivity contribution in [3.63, 3.8) is 0 Å². The molecule has 1 aromatic rings. The molecule has 1 aromatic heterocycles. The maximum atomic E-state index is 12.0. The van der Waals surface area contributed by atoms with Crippen LogP contribution in [0.2, 0.25) is 0 Å². The monoisotopic (exact) mass is 265 g/mol. The summed E-state index contributed by atoms with van der Waals surface area (Å²) in [6.07, 6.45) is 2.01. The first-order valence-electron chi connectivity index (χ1n) is 4.86. The van der Waals surface area contributed by atoms with Crippen LogP contribution < -0.4 is 4.72 Å². The Balaban J connectivity index is 2.93. The van der Waals surface area contributed by atoms with E-state index in [1.807, 2.05) is 0 Å². The highest BCUT2D eigenvalue weighted by molar-refractivity contribution is 7.89. The van der Waals surface area contributed by atoms with Gasteiger partial charge in [0.05, 0.1) is 6.20 Å². The van der Waals surface area contributed by atoms with Crippen LogP contribution in [0, 0.1) is 0 Å². The van der Waals surface area contributed by atoms with Crippen LogP contribution in [-0.2, 0) is 17.1 Å². The molecule has 0 bridgehead atoms. The zero-order chi connectivity index (χ0) is 12.4. The maximum Gasteiger partial charge on any atom is 0.258 e. The van der Waals surface area contributed by atoms with Crippen LogP contribution >= 0.6 is 11.6 Å². The molecule has 5 nitrogen and oxygen atoms in total. The summed E-state index contributed by atoms with van der Waals surface area (Å²) < 4.78 is 27.9. The summed E-state index contributed by atoms with van der Waals surface area (Å²) in [6.45, 7) is 3.59. The molecule has 0 spiro atoms. The van der Waals surface area contributed by atoms with Gasteiger partial charge in [-0.15, -0.1) is 11.6 Å². The van der Waals surface area contributed by atoms with Crippen LogP contribution in [0.5, 0.6) is 0 Å². The summed E-state index contributed by atoms with van der Waals surface area (Å²) >= 11 is 5.62. The lowest BCUT2D eigenvalue weighted by molar-refractivity contribution is 0.438. The van der Waals surface area contributed by atoms with Crippen molar-refractivity contribution in [2.75, 3.05) is 5.88 Å². The summed E-state index contributed by atoms with van der Waals surface area (Å²) in [6, 6.07) is 1.46. The Morgan fingerprint density at radius 2 is 2.19 bits per heavy atom. The van der Waals surface area contributed by atoms with Crippen molar-refractivity contribution in [3.05, 3.63) is 12.3 Å². The van der Waals surface area contributed by atoms with Crippen LogP contribution in [-0.4, -0.2) is 29.6 Å². The first-order valence-corrected chi connectivity index (χ1v) is 6.88. The standard InChI is InChI=1S/C9H16ClN3O2S/c1-9(2,5-6-10)12-16(14,15)8-4-7-11-13(8)3/h4,7,12H,5-6H2,1-3H3. The number of alkyl halides is 1. The van der Waals surface area contributed by atoms with Gasteiger partial charge in [0.15, 0.2) is 5.03 Å². The first-order chi connectivity index (χ1) is 7.28. The van der Waals surface area contributed by atoms with E-state index < -0.39 is 15.6 Å². The van der Waals surface area contributed by atoms with Gasteiger partial charge in [0.25, 0.3) is 10.0 Å². The van der Waals surface area contributed by atoms with E-state index in [0.29, 0.717) is 12.3 Å². The molecule has 16 heavy (non-hydrogen) atoms. The number of hydrogen-bond donors (Lipinski definition) is 1. The van der Waals surface area contributed by atoms with Crippen molar-refractivity contribution in [3.8, 4) is 0 Å². The molecule has 0 aliphatic carbocycles. The van der Waals surface area contributed by atoms with E-state index in [2.05, 4.69) is 9.82 Å². The largest absolute Gasteiger partial charge is 0.258 e. The average Bonchev–Trinajstić information content (AvgIpc) is 2.49. The van der Waals surface area contributed by atoms with Gasteiger partial charge in [0, 0.05) is 18.5 Å². The Kier molecular flexibility index (Phi) is 3.98. The molecule has 0 amide bonds. The second kappa shape index (κ2) is 4.73. The van der Waals surface area contributed by atoms with Gasteiger partial charge in [0.1, 0.15) is 0 Å². The lowest BCUT2D eigenvalue weighted by Crippen LogP contribution is -2.44. The molecule has 7 heteroatoms. The van der Waals surface area contributed by atoms with Gasteiger partial charge in [-0.2, -0.15) is 5.10 Å². The van der Waals surface area contributed by atoms with Gasteiger partial charge >= 0.3 is 0 Å². The third-order valence-electron chi connectivity index (χ3n) is 2.18. The van der Waals surface area contributed by atoms with E-state index in [9.17, 15) is 8.42 Å². The lowest BCUT2D eigenvalue weighted by atomic mass is 10.0. The Bertz CT molecular complexity index is 453. The molecule has 92 valence electrons. The number of halogens is 1. The zero-order valence-corrected chi connectivity index (χ0v) is 11.1. The second-order valence-corrected chi connectivity index (χ2v) is 6.23. The Hall–Kier alpha value is -0.590. The highest BCUT2D eigenvalue weighted by atomic mass is 35.5. The van der Waals surface area contributed by atoms with Crippen LogP contribution in [0.15, 0.2) is 17.3 Å². The molecule has 0 fully saturated rings. The summed E-state index contributed by atoms with van der Waals surface area (Å²) in [7, 11) is -1.95. The summed E-state index contributed by atoms with van der Waals surface area (Å²) in [5.74, 6) is 0.404. The summed E-state index contributed by atoms with van der Waals surface area (Å²) in [5.41, 5.74) is -0.565. The van der Waals surface area contributed by atoms with Gasteiger partial charge in [0.2, 0.25) is 0 Å². The summed E-state index contributed by atoms with van der Waals surface area (Å²) in [5, 5.41) is 3.98. The van der Waals surface area contributed by atoms with Crippen molar-refractivity contribution in [2.45, 2.75) is 30.8 Å². The van der Waals surface area contributed by atoms with Crippen LogP contribution in [0.25, 0.3) is 0 Å². The predicted molar refractivity (Wildman–Crippen MR) is 62.9 cm³/mol. The third kappa shape index (κ3) is 3.20. The molecule has 0 aliphatic heterocycles. The van der Waals surface area contributed by atoms with Crippen molar-refractivity contribution >= 4 is 21.6 Å². The SMILES string of the molecule is Cn1nccc1S(=O)(=O)NC(C)(C)CCCl. The fourth-order valence-corrected chi connectivity index (χ4v) is 3.37. The molecule has 1 rings (SSSR count). The fraction of sp³-hybridized carbons (Fsp3) is 0.667. The molecular formula is C9H16ClN3O2S. The van der Waals surface area contributed by atoms with Crippen molar-refractivity contribution in [1.82, 2.24) is 14.5 Å². The smallest absolute Gasteiger partial charge is 0.256 e. The van der Waals surface area contributed by atoms with Gasteiger partial charge in [-0.1, -0.05) is 0 Å². The fourth-order valence-electron chi connectivity index (χ4n) is 1.33. The summed E-state index contributed by atoms with van der Waals surface area (Å²) in [4.78, 5) is 0. The molecule has 0 aliphatic rings. The van der Waals surface area contributed by atoms with Gasteiger partial charge < -0.3 is 0 Å². The molecule has 0 unspecified atom stereocenters. The number of aromatic nitrogens is 2. The van der Waals surface area contributed by atoms with Crippen LogP contribution in [0.1, 0.15) is 20.3 Å². The van der Waals surface area contributed by atoms with Crippen molar-refractivity contribution < 1.29 is 8.42 Å². The number of hydrogen-bond acceptors (Lipinski definition) is 3. The Morgan fingerprint density at radius 1 is 1.56 bits per heavy atom. The molecule has 0 atom stereocenters. The minimum atomic E-state index is -3.54. The van der Waals surface area contributed by atoms with E-state index in [4.69, 9.17) is 11.6 Å². The van der Waals surface area contributed by atoms with Gasteiger partial charge in [-0.05, 0) is 26.3 Å². The minimum absolute atomic E-state index is 0.148. The van der Waals surface area contributed by atoms with E-state index in [0.717, 1.165) is 0 Å². The minimum Gasteiger partial charge on any atom is -0.256 e. The van der Waals surface area contributed by atoms with Gasteiger partial charge in [-0.3, -0.25) is 4.68 Å². The molecule has 0 radical (unpaired) electrons. The normalized spacial score (nSPS) is 13.0. The van der Waals surface area contributed by atoms with E-state index >= 15 is 0 Å². The topological polar surface area (TPSA) is 64.0 Å². The third-order valence-corrected chi connectivity index (χ3v) is 4.14. The van der Waals surface area contributed by atoms with Gasteiger partial charge in [-0.25, -0.2) is 13.1 Å². The Labute approximate surface area is 101 Å². The quantitative estimate of drug-likeness (QED) is 0.811. The van der Waals surface area contributed by atoms with Crippen LogP contribution in [0.3, 0.4) is 0 Å². The van der Waals surface area contributed by atoms with Crippen LogP contribution in [0.4, 0.5) is 0 Å². The lowest BCUT2D eigenvalue weighted by Gasteiger charge is -2.24. The molecular weight excluding hydrogens is 250 g/mol. The average molecular weight is 266 g/mol. The zero-order valence-electron chi connectivity index (χ0n) is 9.57. The molecule has 0 saturated heterocycles. The molecule has 1 heterocycles. The van der Waals surface area contributed by atoms with Crippen molar-refractivity contribution in [2.24, 2.45) is 7.05 Å². The maximum absolute atomic E-state index is 12.0. The van der Waals surface area contributed by atoms with E-state index in [1.165, 1.54) is 16.9 Å². The van der Waals surface area contributed by atoms with Crippen molar-refractivity contribution in [1.29, 1.82) is 0 Å². The Morgan fingerprint density at radius 3 is 2.62 bits per heavy atom. The number of sulfonamides is 1. The number of nitrogens with one attached hydrogen (secondary N) is 1. The highest BCUT2D eigenvalue weighted by Gasteiger charge is 2.27.